The maximum atomic E-state index is 11.8. The summed E-state index contributed by atoms with van der Waals surface area (Å²) in [5.74, 6) is 0.528. The molecule has 0 saturated carbocycles. The van der Waals surface area contributed by atoms with E-state index in [0.717, 1.165) is 21.9 Å². The number of hydrogen-bond acceptors (Lipinski definition) is 6. The van der Waals surface area contributed by atoms with Crippen LogP contribution in [-0.2, 0) is 17.9 Å². The zero-order valence-electron chi connectivity index (χ0n) is 10.9. The van der Waals surface area contributed by atoms with Crippen molar-refractivity contribution in [2.75, 3.05) is 0 Å². The predicted molar refractivity (Wildman–Crippen MR) is 68.9 cm³/mol. The molecule has 102 valence electrons. The highest BCUT2D eigenvalue weighted by atomic mass is 32.1. The smallest absolute Gasteiger partial charge is 0.308 e. The third-order valence-electron chi connectivity index (χ3n) is 2.68. The molecule has 0 fully saturated rings. The number of carbonyl (C=O) groups is 1. The van der Waals surface area contributed by atoms with Gasteiger partial charge in [-0.05, 0) is 13.8 Å². The van der Waals surface area contributed by atoms with Crippen LogP contribution >= 0.6 is 11.3 Å². The van der Waals surface area contributed by atoms with Crippen molar-refractivity contribution < 1.29 is 9.21 Å². The minimum Gasteiger partial charge on any atom is -0.424 e. The Morgan fingerprint density at radius 1 is 1.37 bits per heavy atom. The molecule has 0 unspecified atom stereocenters. The standard InChI is InChI=1S/C11H14N4O3S/c1-6-7(2)19-11(17)15(6)5-9(16)12-4-10-14-13-8(3)18-10/h4-5H2,1-3H3,(H,12,16). The van der Waals surface area contributed by atoms with E-state index in [-0.39, 0.29) is 23.9 Å². The summed E-state index contributed by atoms with van der Waals surface area (Å²) >= 11 is 1.14. The second-order valence-corrected chi connectivity index (χ2v) is 5.25. The molecule has 0 radical (unpaired) electrons. The molecule has 1 N–H and O–H groups in total. The summed E-state index contributed by atoms with van der Waals surface area (Å²) < 4.78 is 6.59. The predicted octanol–water partition coefficient (Wildman–Crippen LogP) is 0.534. The molecular weight excluding hydrogens is 268 g/mol. The van der Waals surface area contributed by atoms with Gasteiger partial charge in [0.1, 0.15) is 6.54 Å². The Balaban J connectivity index is 1.96. The largest absolute Gasteiger partial charge is 0.424 e. The van der Waals surface area contributed by atoms with Crippen molar-refractivity contribution in [2.45, 2.75) is 33.9 Å². The van der Waals surface area contributed by atoms with E-state index in [1.54, 1.807) is 6.92 Å². The average Bonchev–Trinajstić information content (AvgIpc) is 2.86. The van der Waals surface area contributed by atoms with Gasteiger partial charge in [-0.15, -0.1) is 10.2 Å². The highest BCUT2D eigenvalue weighted by molar-refractivity contribution is 7.09. The van der Waals surface area contributed by atoms with Gasteiger partial charge in [0.15, 0.2) is 0 Å². The Kier molecular flexibility index (Phi) is 3.79. The van der Waals surface area contributed by atoms with Crippen molar-refractivity contribution in [3.05, 3.63) is 32.0 Å². The first-order chi connectivity index (χ1) is 8.97. The number of aromatic nitrogens is 3. The second-order valence-electron chi connectivity index (χ2n) is 4.09. The molecule has 1 amide bonds. The van der Waals surface area contributed by atoms with E-state index in [2.05, 4.69) is 15.5 Å². The molecule has 0 aliphatic rings. The van der Waals surface area contributed by atoms with Crippen LogP contribution in [0.1, 0.15) is 22.4 Å². The van der Waals surface area contributed by atoms with Crippen LogP contribution in [0.4, 0.5) is 0 Å². The van der Waals surface area contributed by atoms with Gasteiger partial charge in [0.05, 0.1) is 6.54 Å². The Morgan fingerprint density at radius 2 is 2.11 bits per heavy atom. The average molecular weight is 282 g/mol. The minimum atomic E-state index is -0.265. The first-order valence-corrected chi connectivity index (χ1v) is 6.51. The fourth-order valence-corrected chi connectivity index (χ4v) is 2.38. The maximum absolute atomic E-state index is 11.8. The Morgan fingerprint density at radius 3 is 2.63 bits per heavy atom. The van der Waals surface area contributed by atoms with Crippen LogP contribution in [0.3, 0.4) is 0 Å². The van der Waals surface area contributed by atoms with E-state index >= 15 is 0 Å². The van der Waals surface area contributed by atoms with Crippen LogP contribution in [0, 0.1) is 20.8 Å². The van der Waals surface area contributed by atoms with E-state index in [9.17, 15) is 9.59 Å². The lowest BCUT2D eigenvalue weighted by Gasteiger charge is -2.05. The number of nitrogens with one attached hydrogen (secondary N) is 1. The molecule has 7 nitrogen and oxygen atoms in total. The molecule has 0 atom stereocenters. The fourth-order valence-electron chi connectivity index (χ4n) is 1.55. The maximum Gasteiger partial charge on any atom is 0.308 e. The van der Waals surface area contributed by atoms with Crippen molar-refractivity contribution in [2.24, 2.45) is 0 Å². The van der Waals surface area contributed by atoms with Crippen LogP contribution in [0.5, 0.6) is 0 Å². The van der Waals surface area contributed by atoms with Gasteiger partial charge in [0.2, 0.25) is 17.7 Å². The first kappa shape index (κ1) is 13.5. The summed E-state index contributed by atoms with van der Waals surface area (Å²) in [6.07, 6.45) is 0. The molecule has 0 aliphatic carbocycles. The van der Waals surface area contributed by atoms with Gasteiger partial charge >= 0.3 is 4.87 Å². The van der Waals surface area contributed by atoms with Crippen molar-refractivity contribution >= 4 is 17.2 Å². The number of carbonyl (C=O) groups excluding carboxylic acids is 1. The summed E-state index contributed by atoms with van der Waals surface area (Å²) in [6.45, 7) is 5.52. The van der Waals surface area contributed by atoms with Gasteiger partial charge < -0.3 is 9.73 Å². The molecule has 2 aromatic heterocycles. The number of aryl methyl sites for hydroxylation is 2. The van der Waals surface area contributed by atoms with Crippen molar-refractivity contribution in [3.8, 4) is 0 Å². The summed E-state index contributed by atoms with van der Waals surface area (Å²) in [5.41, 5.74) is 0.818. The lowest BCUT2D eigenvalue weighted by Crippen LogP contribution is -2.30. The van der Waals surface area contributed by atoms with Gasteiger partial charge in [0.25, 0.3) is 0 Å². The van der Waals surface area contributed by atoms with Gasteiger partial charge in [-0.2, -0.15) is 0 Å². The molecule has 2 rings (SSSR count). The monoisotopic (exact) mass is 282 g/mol. The number of thiazole rings is 1. The van der Waals surface area contributed by atoms with Gasteiger partial charge in [-0.3, -0.25) is 14.2 Å². The van der Waals surface area contributed by atoms with E-state index in [4.69, 9.17) is 4.42 Å². The SMILES string of the molecule is Cc1nnc(CNC(=O)Cn2c(C)c(C)sc2=O)o1. The summed E-state index contributed by atoms with van der Waals surface area (Å²) in [4.78, 5) is 24.2. The quantitative estimate of drug-likeness (QED) is 0.883. The van der Waals surface area contributed by atoms with E-state index in [0.29, 0.717) is 11.8 Å². The van der Waals surface area contributed by atoms with E-state index in [1.807, 2.05) is 13.8 Å². The third kappa shape index (κ3) is 3.08. The summed E-state index contributed by atoms with van der Waals surface area (Å²) in [5, 5.41) is 10.1. The van der Waals surface area contributed by atoms with E-state index < -0.39 is 0 Å². The van der Waals surface area contributed by atoms with Gasteiger partial charge in [-0.1, -0.05) is 11.3 Å². The third-order valence-corrected chi connectivity index (χ3v) is 3.68. The Hall–Kier alpha value is -1.96. The number of nitrogens with zero attached hydrogens (tertiary/aromatic N) is 3. The number of hydrogen-bond donors (Lipinski definition) is 1. The Bertz CT molecular complexity index is 655. The lowest BCUT2D eigenvalue weighted by atomic mass is 10.4. The molecule has 0 spiro atoms. The molecule has 0 aromatic carbocycles. The van der Waals surface area contributed by atoms with Crippen LogP contribution in [0.2, 0.25) is 0 Å². The topological polar surface area (TPSA) is 90.0 Å². The highest BCUT2D eigenvalue weighted by Gasteiger charge is 2.12. The van der Waals surface area contributed by atoms with Crippen LogP contribution < -0.4 is 10.2 Å². The molecule has 0 aliphatic heterocycles. The zero-order valence-corrected chi connectivity index (χ0v) is 11.7. The van der Waals surface area contributed by atoms with Crippen LogP contribution in [0.25, 0.3) is 0 Å². The number of amides is 1. The fraction of sp³-hybridized carbons (Fsp3) is 0.455. The van der Waals surface area contributed by atoms with Crippen LogP contribution in [-0.4, -0.2) is 20.7 Å². The van der Waals surface area contributed by atoms with Crippen molar-refractivity contribution in [3.63, 3.8) is 0 Å². The molecule has 19 heavy (non-hydrogen) atoms. The lowest BCUT2D eigenvalue weighted by molar-refractivity contribution is -0.122. The molecule has 0 saturated heterocycles. The first-order valence-electron chi connectivity index (χ1n) is 5.70. The molecule has 2 aromatic rings. The van der Waals surface area contributed by atoms with Gasteiger partial charge in [0, 0.05) is 17.5 Å². The zero-order chi connectivity index (χ0) is 14.0. The van der Waals surface area contributed by atoms with Gasteiger partial charge in [-0.25, -0.2) is 0 Å². The van der Waals surface area contributed by atoms with Crippen molar-refractivity contribution in [1.82, 2.24) is 20.1 Å². The normalized spacial score (nSPS) is 10.7. The second kappa shape index (κ2) is 5.35. The van der Waals surface area contributed by atoms with E-state index in [1.165, 1.54) is 4.57 Å². The molecular formula is C11H14N4O3S. The Labute approximate surface area is 113 Å². The van der Waals surface area contributed by atoms with Crippen LogP contribution in [0.15, 0.2) is 9.21 Å². The number of rotatable bonds is 4. The molecule has 2 heterocycles. The highest BCUT2D eigenvalue weighted by Crippen LogP contribution is 2.08. The van der Waals surface area contributed by atoms with Crippen molar-refractivity contribution in [1.29, 1.82) is 0 Å². The molecule has 8 heteroatoms. The molecule has 0 bridgehead atoms. The summed E-state index contributed by atoms with van der Waals surface area (Å²) in [7, 11) is 0. The minimum absolute atomic E-state index is 0.00211. The summed E-state index contributed by atoms with van der Waals surface area (Å²) in [6, 6.07) is 0.